The molecule has 3 aromatic heterocycles. The smallest absolute Gasteiger partial charge is 0.267 e. The van der Waals surface area contributed by atoms with Crippen LogP contribution in [0.2, 0.25) is 5.02 Å². The zero-order valence-electron chi connectivity index (χ0n) is 11.6. The van der Waals surface area contributed by atoms with Gasteiger partial charge in [0.15, 0.2) is 0 Å². The molecule has 4 rings (SSSR count). The number of primary amides is 1. The summed E-state index contributed by atoms with van der Waals surface area (Å²) in [6, 6.07) is 5.71. The molecule has 0 fully saturated rings. The fourth-order valence-electron chi connectivity index (χ4n) is 2.75. The number of hydrogen-bond donors (Lipinski definition) is 2. The zero-order chi connectivity index (χ0) is 15.3. The molecule has 1 aliphatic rings. The monoisotopic (exact) mass is 332 g/mol. The predicted molar refractivity (Wildman–Crippen MR) is 87.4 cm³/mol. The van der Waals surface area contributed by atoms with Gasteiger partial charge in [0.1, 0.15) is 5.69 Å². The van der Waals surface area contributed by atoms with Crippen LogP contribution >= 0.6 is 22.9 Å². The number of fused-ring (bicyclic) bond motifs is 2. The van der Waals surface area contributed by atoms with Gasteiger partial charge in [0, 0.05) is 28.4 Å². The number of hydrogen-bond acceptors (Lipinski definition) is 4. The van der Waals surface area contributed by atoms with E-state index in [0.29, 0.717) is 16.2 Å². The first-order chi connectivity index (χ1) is 10.6. The van der Waals surface area contributed by atoms with E-state index in [1.807, 2.05) is 6.07 Å². The van der Waals surface area contributed by atoms with Crippen LogP contribution < -0.4 is 11.1 Å². The quantitative estimate of drug-likeness (QED) is 0.757. The Kier molecular flexibility index (Phi) is 3.18. The number of nitrogens with two attached hydrogens (primary N) is 1. The molecule has 0 saturated carbocycles. The van der Waals surface area contributed by atoms with E-state index in [9.17, 15) is 4.79 Å². The fourth-order valence-corrected chi connectivity index (χ4v) is 4.15. The molecule has 7 heteroatoms. The second-order valence-electron chi connectivity index (χ2n) is 5.27. The fraction of sp³-hybridized carbons (Fsp3) is 0.200. The molecule has 5 nitrogen and oxygen atoms in total. The van der Waals surface area contributed by atoms with Crippen molar-refractivity contribution in [2.24, 2.45) is 5.73 Å². The topological polar surface area (TPSA) is 72.4 Å². The van der Waals surface area contributed by atoms with E-state index in [2.05, 4.69) is 16.5 Å². The lowest BCUT2D eigenvalue weighted by atomic mass is 10.1. The lowest BCUT2D eigenvalue weighted by molar-refractivity contribution is 0.0993. The highest BCUT2D eigenvalue weighted by Gasteiger charge is 2.17. The van der Waals surface area contributed by atoms with Crippen molar-refractivity contribution in [3.05, 3.63) is 45.6 Å². The first kappa shape index (κ1) is 13.8. The lowest BCUT2D eigenvalue weighted by Gasteiger charge is -2.10. The maximum atomic E-state index is 11.4. The molecule has 0 aromatic carbocycles. The molecule has 0 radical (unpaired) electrons. The van der Waals surface area contributed by atoms with Gasteiger partial charge < -0.3 is 11.1 Å². The van der Waals surface area contributed by atoms with Gasteiger partial charge in [-0.05, 0) is 30.2 Å². The number of halogens is 1. The van der Waals surface area contributed by atoms with E-state index < -0.39 is 5.91 Å². The Balaban J connectivity index is 1.84. The van der Waals surface area contributed by atoms with Crippen molar-refractivity contribution in [3.8, 4) is 10.4 Å². The minimum atomic E-state index is -0.542. The van der Waals surface area contributed by atoms with Crippen LogP contribution in [0.5, 0.6) is 0 Å². The SMILES string of the molecule is NC(=O)c1cc(Cl)c2cc(-c3cc4c(s3)CCNC4)cnn12. The van der Waals surface area contributed by atoms with Crippen LogP contribution in [0.4, 0.5) is 0 Å². The molecule has 0 saturated heterocycles. The molecule has 0 atom stereocenters. The number of amides is 1. The molecule has 3 N–H and O–H groups in total. The molecule has 0 aliphatic carbocycles. The van der Waals surface area contributed by atoms with Crippen molar-refractivity contribution in [2.45, 2.75) is 13.0 Å². The van der Waals surface area contributed by atoms with Crippen LogP contribution in [0, 0.1) is 0 Å². The van der Waals surface area contributed by atoms with Gasteiger partial charge >= 0.3 is 0 Å². The minimum absolute atomic E-state index is 0.293. The average Bonchev–Trinajstić information content (AvgIpc) is 3.08. The summed E-state index contributed by atoms with van der Waals surface area (Å²) >= 11 is 8.00. The van der Waals surface area contributed by atoms with Gasteiger partial charge in [-0.25, -0.2) is 4.52 Å². The van der Waals surface area contributed by atoms with Gasteiger partial charge in [-0.2, -0.15) is 5.10 Å². The Hall–Kier alpha value is -1.89. The molecule has 0 bridgehead atoms. The third kappa shape index (κ3) is 2.11. The Morgan fingerprint density at radius 1 is 1.41 bits per heavy atom. The van der Waals surface area contributed by atoms with Crippen LogP contribution in [-0.2, 0) is 13.0 Å². The number of rotatable bonds is 2. The molecular formula is C15H13ClN4OS. The van der Waals surface area contributed by atoms with Gasteiger partial charge in [0.25, 0.3) is 5.91 Å². The molecule has 1 aliphatic heterocycles. The molecule has 4 heterocycles. The molecule has 0 unspecified atom stereocenters. The maximum absolute atomic E-state index is 11.4. The number of carbonyl (C=O) groups is 1. The van der Waals surface area contributed by atoms with Crippen molar-refractivity contribution in [2.75, 3.05) is 6.54 Å². The second kappa shape index (κ2) is 5.08. The van der Waals surface area contributed by atoms with Gasteiger partial charge in [0.05, 0.1) is 16.7 Å². The Bertz CT molecular complexity index is 875. The van der Waals surface area contributed by atoms with E-state index in [4.69, 9.17) is 17.3 Å². The summed E-state index contributed by atoms with van der Waals surface area (Å²) in [5.74, 6) is -0.542. The highest BCUT2D eigenvalue weighted by Crippen LogP contribution is 2.34. The summed E-state index contributed by atoms with van der Waals surface area (Å²) in [5, 5.41) is 8.18. The van der Waals surface area contributed by atoms with E-state index in [0.717, 1.165) is 25.1 Å². The normalized spacial score (nSPS) is 14.2. The highest BCUT2D eigenvalue weighted by atomic mass is 35.5. The summed E-state index contributed by atoms with van der Waals surface area (Å²) in [4.78, 5) is 14.0. The van der Waals surface area contributed by atoms with Crippen LogP contribution in [0.25, 0.3) is 16.0 Å². The summed E-state index contributed by atoms with van der Waals surface area (Å²) in [6.45, 7) is 1.94. The van der Waals surface area contributed by atoms with Crippen LogP contribution in [0.3, 0.4) is 0 Å². The number of thiophene rings is 1. The van der Waals surface area contributed by atoms with Gasteiger partial charge in [-0.1, -0.05) is 11.6 Å². The third-order valence-corrected chi connectivity index (χ3v) is 5.44. The second-order valence-corrected chi connectivity index (χ2v) is 6.81. The van der Waals surface area contributed by atoms with Crippen molar-refractivity contribution in [1.29, 1.82) is 0 Å². The van der Waals surface area contributed by atoms with Crippen LogP contribution in [0.1, 0.15) is 20.9 Å². The number of aromatic nitrogens is 2. The maximum Gasteiger partial charge on any atom is 0.267 e. The average molecular weight is 333 g/mol. The van der Waals surface area contributed by atoms with E-state index in [1.54, 1.807) is 23.6 Å². The van der Waals surface area contributed by atoms with Crippen molar-refractivity contribution < 1.29 is 4.79 Å². The predicted octanol–water partition coefficient (Wildman–Crippen LogP) is 2.46. The van der Waals surface area contributed by atoms with Gasteiger partial charge in [-0.15, -0.1) is 11.3 Å². The van der Waals surface area contributed by atoms with Crippen molar-refractivity contribution in [1.82, 2.24) is 14.9 Å². The summed E-state index contributed by atoms with van der Waals surface area (Å²) in [5.41, 5.74) is 8.69. The summed E-state index contributed by atoms with van der Waals surface area (Å²) < 4.78 is 1.49. The molecule has 0 spiro atoms. The largest absolute Gasteiger partial charge is 0.364 e. The summed E-state index contributed by atoms with van der Waals surface area (Å²) in [6.07, 6.45) is 2.81. The molecular weight excluding hydrogens is 320 g/mol. The molecule has 3 aromatic rings. The standard InChI is InChI=1S/C15H13ClN4OS/c16-10-5-12(15(17)21)20-11(10)3-8(7-19-20)14-4-9-6-18-2-1-13(9)22-14/h3-5,7,18H,1-2,6H2,(H2,17,21). The minimum Gasteiger partial charge on any atom is -0.364 e. The van der Waals surface area contributed by atoms with Gasteiger partial charge in [0.2, 0.25) is 0 Å². The zero-order valence-corrected chi connectivity index (χ0v) is 13.2. The lowest BCUT2D eigenvalue weighted by Crippen LogP contribution is -2.21. The van der Waals surface area contributed by atoms with E-state index in [1.165, 1.54) is 19.8 Å². The van der Waals surface area contributed by atoms with Gasteiger partial charge in [-0.3, -0.25) is 4.79 Å². The number of nitrogens with one attached hydrogen (secondary N) is 1. The molecule has 1 amide bonds. The Labute approximate surface area is 135 Å². The number of nitrogens with zero attached hydrogens (tertiary/aromatic N) is 2. The summed E-state index contributed by atoms with van der Waals surface area (Å²) in [7, 11) is 0. The van der Waals surface area contributed by atoms with Crippen molar-refractivity contribution in [3.63, 3.8) is 0 Å². The number of carbonyl (C=O) groups excluding carboxylic acids is 1. The van der Waals surface area contributed by atoms with Crippen molar-refractivity contribution >= 4 is 34.4 Å². The Morgan fingerprint density at radius 2 is 2.27 bits per heavy atom. The first-order valence-electron chi connectivity index (χ1n) is 6.93. The molecule has 22 heavy (non-hydrogen) atoms. The first-order valence-corrected chi connectivity index (χ1v) is 8.12. The Morgan fingerprint density at radius 3 is 3.05 bits per heavy atom. The van der Waals surface area contributed by atoms with E-state index >= 15 is 0 Å². The highest BCUT2D eigenvalue weighted by molar-refractivity contribution is 7.15. The third-order valence-electron chi connectivity index (χ3n) is 3.85. The van der Waals surface area contributed by atoms with Crippen LogP contribution in [0.15, 0.2) is 24.4 Å². The van der Waals surface area contributed by atoms with E-state index in [-0.39, 0.29) is 0 Å². The molecule has 112 valence electrons. The van der Waals surface area contributed by atoms with Crippen LogP contribution in [-0.4, -0.2) is 22.1 Å².